The van der Waals surface area contributed by atoms with Gasteiger partial charge in [-0.3, -0.25) is 10.2 Å². The van der Waals surface area contributed by atoms with Crippen molar-refractivity contribution >= 4 is 51.4 Å². The highest BCUT2D eigenvalue weighted by Crippen LogP contribution is 2.39. The number of hydrazone groups is 1. The van der Waals surface area contributed by atoms with Crippen LogP contribution in [0.25, 0.3) is 6.08 Å². The van der Waals surface area contributed by atoms with E-state index in [0.717, 1.165) is 0 Å². The molecule has 8 nitrogen and oxygen atoms in total. The molecule has 2 aromatic rings. The SMILES string of the molecule is COc1cc(/C=C2\C(=N)N3N=C(c4ccccc4Cl)SC3=NC2=O)cc(OC)c1OC. The second-order valence-corrected chi connectivity index (χ2v) is 7.73. The number of amides is 1. The van der Waals surface area contributed by atoms with E-state index in [-0.39, 0.29) is 11.4 Å². The van der Waals surface area contributed by atoms with Gasteiger partial charge in [-0.2, -0.15) is 15.1 Å². The average Bonchev–Trinajstić information content (AvgIpc) is 3.19. The van der Waals surface area contributed by atoms with Crippen LogP contribution in [0, 0.1) is 5.41 Å². The summed E-state index contributed by atoms with van der Waals surface area (Å²) in [6, 6.07) is 10.6. The van der Waals surface area contributed by atoms with E-state index in [1.54, 1.807) is 24.3 Å². The largest absolute Gasteiger partial charge is 0.493 e. The number of benzene rings is 2. The van der Waals surface area contributed by atoms with Crippen molar-refractivity contribution in [3.8, 4) is 17.2 Å². The Morgan fingerprint density at radius 2 is 1.77 bits per heavy atom. The molecule has 2 aromatic carbocycles. The van der Waals surface area contributed by atoms with Gasteiger partial charge < -0.3 is 14.2 Å². The first-order chi connectivity index (χ1) is 15.0. The smallest absolute Gasteiger partial charge is 0.283 e. The fourth-order valence-electron chi connectivity index (χ4n) is 3.09. The quantitative estimate of drug-likeness (QED) is 0.682. The van der Waals surface area contributed by atoms with Crippen LogP contribution in [0.1, 0.15) is 11.1 Å². The minimum absolute atomic E-state index is 0.0849. The van der Waals surface area contributed by atoms with Crippen LogP contribution in [0.5, 0.6) is 17.2 Å². The predicted octanol–water partition coefficient (Wildman–Crippen LogP) is 4.03. The van der Waals surface area contributed by atoms with Crippen molar-refractivity contribution in [3.63, 3.8) is 0 Å². The Morgan fingerprint density at radius 1 is 1.10 bits per heavy atom. The van der Waals surface area contributed by atoms with Gasteiger partial charge in [0.2, 0.25) is 10.9 Å². The van der Waals surface area contributed by atoms with Gasteiger partial charge in [-0.25, -0.2) is 0 Å². The molecule has 2 aliphatic rings. The third-order valence-electron chi connectivity index (χ3n) is 4.56. The summed E-state index contributed by atoms with van der Waals surface area (Å²) in [5, 5.41) is 15.7. The van der Waals surface area contributed by atoms with Gasteiger partial charge in [0, 0.05) is 5.56 Å². The van der Waals surface area contributed by atoms with E-state index in [1.165, 1.54) is 38.1 Å². The van der Waals surface area contributed by atoms with Crippen molar-refractivity contribution < 1.29 is 19.0 Å². The van der Waals surface area contributed by atoms with E-state index >= 15 is 0 Å². The van der Waals surface area contributed by atoms with Crippen LogP contribution in [0.3, 0.4) is 0 Å². The third-order valence-corrected chi connectivity index (χ3v) is 5.83. The van der Waals surface area contributed by atoms with Crippen molar-refractivity contribution in [1.82, 2.24) is 5.01 Å². The summed E-state index contributed by atoms with van der Waals surface area (Å²) in [4.78, 5) is 16.8. The molecule has 0 saturated heterocycles. The first-order valence-electron chi connectivity index (χ1n) is 9.02. The Bertz CT molecular complexity index is 1170. The zero-order chi connectivity index (χ0) is 22.1. The molecule has 0 saturated carbocycles. The van der Waals surface area contributed by atoms with Gasteiger partial charge in [-0.05, 0) is 41.6 Å². The molecular weight excluding hydrogens is 440 g/mol. The van der Waals surface area contributed by atoms with Crippen LogP contribution in [0.2, 0.25) is 5.02 Å². The highest BCUT2D eigenvalue weighted by Gasteiger charge is 2.36. The molecular formula is C21H17ClN4O4S. The number of hydrogen-bond donors (Lipinski definition) is 1. The number of ether oxygens (including phenoxy) is 3. The molecule has 0 aliphatic carbocycles. The highest BCUT2D eigenvalue weighted by molar-refractivity contribution is 8.27. The van der Waals surface area contributed by atoms with Crippen LogP contribution >= 0.6 is 23.4 Å². The maximum absolute atomic E-state index is 12.7. The summed E-state index contributed by atoms with van der Waals surface area (Å²) in [7, 11) is 4.52. The van der Waals surface area contributed by atoms with E-state index in [1.807, 2.05) is 18.2 Å². The number of hydrogen-bond acceptors (Lipinski definition) is 7. The van der Waals surface area contributed by atoms with Crippen LogP contribution in [0.15, 0.2) is 52.1 Å². The zero-order valence-corrected chi connectivity index (χ0v) is 18.4. The second-order valence-electron chi connectivity index (χ2n) is 6.36. The molecule has 10 heteroatoms. The molecule has 31 heavy (non-hydrogen) atoms. The number of fused-ring (bicyclic) bond motifs is 1. The molecule has 0 unspecified atom stereocenters. The first-order valence-corrected chi connectivity index (χ1v) is 10.2. The third kappa shape index (κ3) is 3.77. The number of amidine groups is 2. The molecule has 0 radical (unpaired) electrons. The highest BCUT2D eigenvalue weighted by atomic mass is 35.5. The van der Waals surface area contributed by atoms with Crippen molar-refractivity contribution in [2.45, 2.75) is 0 Å². The van der Waals surface area contributed by atoms with E-state index in [4.69, 9.17) is 31.2 Å². The maximum atomic E-state index is 12.7. The number of nitrogens with one attached hydrogen (secondary N) is 1. The van der Waals surface area contributed by atoms with Crippen molar-refractivity contribution in [2.24, 2.45) is 10.1 Å². The monoisotopic (exact) mass is 456 g/mol. The van der Waals surface area contributed by atoms with Gasteiger partial charge in [0.15, 0.2) is 17.3 Å². The van der Waals surface area contributed by atoms with Gasteiger partial charge in [-0.1, -0.05) is 29.8 Å². The molecule has 1 amide bonds. The van der Waals surface area contributed by atoms with Gasteiger partial charge in [0.1, 0.15) is 5.04 Å². The zero-order valence-electron chi connectivity index (χ0n) is 16.8. The molecule has 0 aromatic heterocycles. The minimum atomic E-state index is -0.534. The topological polar surface area (TPSA) is 96.6 Å². The van der Waals surface area contributed by atoms with Crippen LogP contribution in [-0.2, 0) is 4.79 Å². The number of aliphatic imine (C=N–C) groups is 1. The summed E-state index contributed by atoms with van der Waals surface area (Å²) in [5.41, 5.74) is 1.38. The Labute approximate surface area is 187 Å². The maximum Gasteiger partial charge on any atom is 0.283 e. The number of methoxy groups -OCH3 is 3. The lowest BCUT2D eigenvalue weighted by atomic mass is 10.1. The summed E-state index contributed by atoms with van der Waals surface area (Å²) in [5.74, 6) is 0.681. The van der Waals surface area contributed by atoms with Crippen LogP contribution in [0.4, 0.5) is 0 Å². The molecule has 2 aliphatic heterocycles. The molecule has 0 fully saturated rings. The molecule has 0 spiro atoms. The first kappa shape index (κ1) is 21.0. The van der Waals surface area contributed by atoms with Crippen molar-refractivity contribution in [3.05, 3.63) is 58.1 Å². The standard InChI is InChI=1S/C21H17ClN4O4S/c1-28-15-9-11(10-16(29-2)17(15)30-3)8-13-18(23)26-21(24-19(13)27)31-20(25-26)12-6-4-5-7-14(12)22/h4-10,23H,1-3H3/b13-8+,23-18?. The summed E-state index contributed by atoms with van der Waals surface area (Å²) in [6.45, 7) is 0. The second kappa shape index (κ2) is 8.44. The van der Waals surface area contributed by atoms with E-state index in [0.29, 0.717) is 43.6 Å². The van der Waals surface area contributed by atoms with Crippen molar-refractivity contribution in [2.75, 3.05) is 21.3 Å². The van der Waals surface area contributed by atoms with Crippen LogP contribution < -0.4 is 14.2 Å². The number of halogens is 1. The Balaban J connectivity index is 1.73. The average molecular weight is 457 g/mol. The molecule has 4 rings (SSSR count). The van der Waals surface area contributed by atoms with Gasteiger partial charge >= 0.3 is 0 Å². The lowest BCUT2D eigenvalue weighted by molar-refractivity contribution is -0.114. The van der Waals surface area contributed by atoms with Gasteiger partial charge in [0.05, 0.1) is 31.9 Å². The van der Waals surface area contributed by atoms with E-state index < -0.39 is 5.91 Å². The number of carbonyl (C=O) groups excluding carboxylic acids is 1. The lowest BCUT2D eigenvalue weighted by Crippen LogP contribution is -2.35. The van der Waals surface area contributed by atoms with E-state index in [2.05, 4.69) is 10.1 Å². The molecule has 2 heterocycles. The summed E-state index contributed by atoms with van der Waals surface area (Å²) in [6.07, 6.45) is 1.54. The Kier molecular flexibility index (Phi) is 5.71. The van der Waals surface area contributed by atoms with Gasteiger partial charge in [0.25, 0.3) is 5.91 Å². The summed E-state index contributed by atoms with van der Waals surface area (Å²) < 4.78 is 16.0. The van der Waals surface area contributed by atoms with Crippen LogP contribution in [-0.4, -0.2) is 48.3 Å². The molecule has 0 atom stereocenters. The van der Waals surface area contributed by atoms with Gasteiger partial charge in [-0.15, -0.1) is 0 Å². The molecule has 0 bridgehead atoms. The van der Waals surface area contributed by atoms with Crippen molar-refractivity contribution in [1.29, 1.82) is 5.41 Å². The number of rotatable bonds is 5. The van der Waals surface area contributed by atoms with E-state index in [9.17, 15) is 4.79 Å². The normalized spacial score (nSPS) is 16.8. The fourth-order valence-corrected chi connectivity index (χ4v) is 4.30. The Hall–Kier alpha value is -3.30. The predicted molar refractivity (Wildman–Crippen MR) is 122 cm³/mol. The lowest BCUT2D eigenvalue weighted by Gasteiger charge is -2.20. The minimum Gasteiger partial charge on any atom is -0.493 e. The number of thioether (sulfide) groups is 1. The Morgan fingerprint density at radius 3 is 2.39 bits per heavy atom. The summed E-state index contributed by atoms with van der Waals surface area (Å²) >= 11 is 7.46. The fraction of sp³-hybridized carbons (Fsp3) is 0.143. The molecule has 1 N–H and O–H groups in total. The number of nitrogens with zero attached hydrogens (tertiary/aromatic N) is 3. The number of carbonyl (C=O) groups is 1. The molecule has 158 valence electrons.